The van der Waals surface area contributed by atoms with Crippen LogP contribution in [0, 0.1) is 0 Å². The smallest absolute Gasteiger partial charge is 0.371 e. The predicted octanol–water partition coefficient (Wildman–Crippen LogP) is 11.4. The zero-order valence-corrected chi connectivity index (χ0v) is 42.6. The number of aromatic nitrogens is 8. The van der Waals surface area contributed by atoms with E-state index in [1.165, 1.54) is 0 Å². The number of ether oxygens (including phenoxy) is 4. The third-order valence-electron chi connectivity index (χ3n) is 10.8. The van der Waals surface area contributed by atoms with Gasteiger partial charge in [0.25, 0.3) is 0 Å². The van der Waals surface area contributed by atoms with E-state index in [1.807, 2.05) is 132 Å². The quantitative estimate of drug-likeness (QED) is 0.134. The summed E-state index contributed by atoms with van der Waals surface area (Å²) in [5.41, 5.74) is 7.34. The molecule has 9 rings (SSSR count). The minimum atomic E-state index is -0.382. The van der Waals surface area contributed by atoms with Crippen LogP contribution in [0.15, 0.2) is 72.8 Å². The molecule has 0 spiro atoms. The van der Waals surface area contributed by atoms with Gasteiger partial charge in [-0.2, -0.15) is 0 Å². The summed E-state index contributed by atoms with van der Waals surface area (Å²) in [5.74, 6) is 1.88. The second-order valence-electron chi connectivity index (χ2n) is 20.4. The first kappa shape index (κ1) is 46.2. The Morgan fingerprint density at radius 2 is 0.677 bits per heavy atom. The van der Waals surface area contributed by atoms with E-state index in [0.29, 0.717) is 72.3 Å². The molecule has 330 valence electrons. The van der Waals surface area contributed by atoms with Gasteiger partial charge < -0.3 is 48.9 Å². The van der Waals surface area contributed by atoms with Crippen molar-refractivity contribution in [3.8, 4) is 45.6 Å². The molecule has 0 saturated carbocycles. The molecule has 0 radical (unpaired) electrons. The van der Waals surface area contributed by atoms with Crippen LogP contribution in [-0.2, 0) is 64.9 Å². The van der Waals surface area contributed by atoms with Crippen LogP contribution in [0.1, 0.15) is 105 Å². The van der Waals surface area contributed by atoms with Crippen molar-refractivity contribution in [2.24, 2.45) is 0 Å². The van der Waals surface area contributed by atoms with Crippen LogP contribution in [-0.4, -0.2) is 52.3 Å². The second kappa shape index (κ2) is 17.2. The second-order valence-corrected chi connectivity index (χ2v) is 20.4. The average Bonchev–Trinajstić information content (AvgIpc) is 3.95. The first-order valence-corrected chi connectivity index (χ1v) is 21.9. The molecule has 3 aromatic heterocycles. The van der Waals surface area contributed by atoms with Gasteiger partial charge in [-0.25, -0.2) is 9.97 Å². The summed E-state index contributed by atoms with van der Waals surface area (Å²) in [6.07, 6.45) is 0. The van der Waals surface area contributed by atoms with Crippen LogP contribution in [0.5, 0.6) is 0 Å². The molecular weight excluding hydrogens is 866 g/mol. The topological polar surface area (TPSA) is 142 Å². The number of benzene rings is 4. The molecule has 0 saturated heterocycles. The normalized spacial score (nSPS) is 13.0. The molecule has 0 aliphatic carbocycles. The standard InChI is InChI=1S/C52H56N8O4.Zn/c1-49(2,3)61-25-29-17-13-21-33-37(29)45-53-41(33)58-46-39-31(27-63-51(7,8)9)19-15-23-35(39)43(55-46)60-48-40-32(28-64-52(10,11)12)20-16-24-36(40)44(56-48)59-47-38-30(26-62-50(4,5)6)18-14-22-34(38)42(54-47)57-45;/h13-24H,25-28H2,1-12H3;/q-2;+2. The Morgan fingerprint density at radius 3 is 1.03 bits per heavy atom. The first-order chi connectivity index (χ1) is 30.2. The number of fused-ring (bicyclic) bond motifs is 20. The zero-order valence-electron chi connectivity index (χ0n) is 39.7. The Balaban J connectivity index is 0.00000576. The van der Waals surface area contributed by atoms with Crippen molar-refractivity contribution in [3.63, 3.8) is 0 Å². The van der Waals surface area contributed by atoms with Crippen LogP contribution in [0.4, 0.5) is 0 Å². The van der Waals surface area contributed by atoms with Crippen LogP contribution in [0.25, 0.3) is 89.7 Å². The van der Waals surface area contributed by atoms with Gasteiger partial charge in [0, 0.05) is 55.6 Å². The van der Waals surface area contributed by atoms with Gasteiger partial charge in [0.1, 0.15) is 0 Å². The molecule has 4 aromatic carbocycles. The van der Waals surface area contributed by atoms with Crippen molar-refractivity contribution in [2.75, 3.05) is 0 Å². The SMILES string of the molecule is CC(C)(C)OCc1cccc2c1-c1nc-2nc2[n-]c(nc3nc(nc4[n-]c(n1)c1cccc(COC(C)(C)C)c41)-c1cccc(COC(C)(C)C)c1-3)c1cccc(COC(C)(C)C)c21.[Zn+2]. The molecule has 7 aromatic rings. The Labute approximate surface area is 393 Å². The van der Waals surface area contributed by atoms with E-state index in [9.17, 15) is 0 Å². The summed E-state index contributed by atoms with van der Waals surface area (Å²) in [5, 5.41) is 3.28. The van der Waals surface area contributed by atoms with Crippen LogP contribution in [0.3, 0.4) is 0 Å². The molecule has 0 unspecified atom stereocenters. The molecule has 12 nitrogen and oxygen atoms in total. The number of nitrogens with zero attached hydrogens (tertiary/aromatic N) is 8. The average molecular weight is 922 g/mol. The minimum Gasteiger partial charge on any atom is -0.371 e. The maximum absolute atomic E-state index is 6.38. The van der Waals surface area contributed by atoms with Gasteiger partial charge in [-0.1, -0.05) is 72.8 Å². The first-order valence-electron chi connectivity index (χ1n) is 21.9. The van der Waals surface area contributed by atoms with Crippen molar-refractivity contribution in [3.05, 3.63) is 95.1 Å². The van der Waals surface area contributed by atoms with Crippen molar-refractivity contribution >= 4 is 44.1 Å². The Bertz CT molecular complexity index is 2920. The summed E-state index contributed by atoms with van der Waals surface area (Å²) in [6, 6.07) is 24.4. The summed E-state index contributed by atoms with van der Waals surface area (Å²) in [7, 11) is 0. The Hall–Kier alpha value is -5.30. The van der Waals surface area contributed by atoms with Crippen molar-refractivity contribution in [1.82, 2.24) is 39.9 Å². The van der Waals surface area contributed by atoms with E-state index >= 15 is 0 Å². The predicted molar refractivity (Wildman–Crippen MR) is 252 cm³/mol. The van der Waals surface area contributed by atoms with Crippen molar-refractivity contribution < 1.29 is 38.4 Å². The molecule has 0 N–H and O–H groups in total. The van der Waals surface area contributed by atoms with Crippen molar-refractivity contribution in [2.45, 2.75) is 132 Å². The molecule has 2 aliphatic heterocycles. The van der Waals surface area contributed by atoms with Gasteiger partial charge in [-0.05, 0) is 116 Å². The maximum atomic E-state index is 6.38. The third-order valence-corrected chi connectivity index (χ3v) is 10.8. The summed E-state index contributed by atoms with van der Waals surface area (Å²) < 4.78 is 25.5. The van der Waals surface area contributed by atoms with Crippen LogP contribution >= 0.6 is 0 Å². The third kappa shape index (κ3) is 9.81. The molecule has 0 atom stereocenters. The summed E-state index contributed by atoms with van der Waals surface area (Å²) in [6.45, 7) is 25.9. The molecule has 13 heteroatoms. The maximum Gasteiger partial charge on any atom is 2.00 e. The Kier molecular flexibility index (Phi) is 12.2. The van der Waals surface area contributed by atoms with Crippen LogP contribution in [0.2, 0.25) is 0 Å². The van der Waals surface area contributed by atoms with E-state index in [0.717, 1.165) is 66.1 Å². The largest absolute Gasteiger partial charge is 2.00 e. The van der Waals surface area contributed by atoms with Gasteiger partial charge >= 0.3 is 19.5 Å². The molecular formula is C52H56N8O4Zn. The molecule has 0 fully saturated rings. The summed E-state index contributed by atoms with van der Waals surface area (Å²) in [4.78, 5) is 42.1. The zero-order chi connectivity index (χ0) is 45.3. The fraction of sp³-hybridized carbons (Fsp3) is 0.385. The monoisotopic (exact) mass is 920 g/mol. The van der Waals surface area contributed by atoms with Gasteiger partial charge in [0.05, 0.1) is 72.1 Å². The number of hydrogen-bond donors (Lipinski definition) is 0. The molecule has 8 bridgehead atoms. The van der Waals surface area contributed by atoms with Crippen molar-refractivity contribution in [1.29, 1.82) is 0 Å². The molecule has 0 amide bonds. The fourth-order valence-corrected chi connectivity index (χ4v) is 7.79. The van der Waals surface area contributed by atoms with E-state index in [1.54, 1.807) is 0 Å². The van der Waals surface area contributed by atoms with E-state index in [2.05, 4.69) is 24.3 Å². The van der Waals surface area contributed by atoms with E-state index in [4.69, 9.17) is 58.8 Å². The van der Waals surface area contributed by atoms with Gasteiger partial charge in [0.2, 0.25) is 0 Å². The fourth-order valence-electron chi connectivity index (χ4n) is 7.79. The van der Waals surface area contributed by atoms with Gasteiger partial charge in [-0.15, -0.1) is 0 Å². The molecule has 2 aliphatic rings. The van der Waals surface area contributed by atoms with E-state index < -0.39 is 0 Å². The number of hydrogen-bond acceptors (Lipinski definition) is 10. The van der Waals surface area contributed by atoms with Gasteiger partial charge in [-0.3, -0.25) is 0 Å². The molecule has 65 heavy (non-hydrogen) atoms. The number of rotatable bonds is 8. The Morgan fingerprint density at radius 1 is 0.369 bits per heavy atom. The van der Waals surface area contributed by atoms with Crippen LogP contribution < -0.4 is 9.97 Å². The minimum absolute atomic E-state index is 0. The van der Waals surface area contributed by atoms with E-state index in [-0.39, 0.29) is 41.9 Å². The van der Waals surface area contributed by atoms with Gasteiger partial charge in [0.15, 0.2) is 0 Å². The molecule has 5 heterocycles. The summed E-state index contributed by atoms with van der Waals surface area (Å²) >= 11 is 0.